The zero-order valence-electron chi connectivity index (χ0n) is 10.9. The minimum absolute atomic E-state index is 0.266. The smallest absolute Gasteiger partial charge is 0.221 e. The Bertz CT molecular complexity index is 556. The van der Waals surface area contributed by atoms with Crippen molar-refractivity contribution >= 4 is 11.6 Å². The van der Waals surface area contributed by atoms with Gasteiger partial charge in [-0.1, -0.05) is 18.0 Å². The summed E-state index contributed by atoms with van der Waals surface area (Å²) in [6.45, 7) is 1.89. The highest BCUT2D eigenvalue weighted by Gasteiger charge is 2.19. The van der Waals surface area contributed by atoms with E-state index in [4.69, 9.17) is 20.8 Å². The van der Waals surface area contributed by atoms with Crippen LogP contribution in [-0.2, 0) is 0 Å². The molecular weight excluding hydrogens is 264 g/mol. The van der Waals surface area contributed by atoms with E-state index in [1.54, 1.807) is 10.9 Å². The van der Waals surface area contributed by atoms with Crippen molar-refractivity contribution in [2.75, 3.05) is 0 Å². The molecule has 0 aromatic carbocycles. The molecule has 3 rings (SSSR count). The molecule has 0 bridgehead atoms. The Morgan fingerprint density at radius 3 is 2.79 bits per heavy atom. The van der Waals surface area contributed by atoms with Crippen molar-refractivity contribution in [3.63, 3.8) is 0 Å². The van der Waals surface area contributed by atoms with Crippen molar-refractivity contribution in [3.8, 4) is 11.6 Å². The summed E-state index contributed by atoms with van der Waals surface area (Å²) in [7, 11) is 0. The number of halogens is 1. The predicted molar refractivity (Wildman–Crippen MR) is 73.1 cm³/mol. The summed E-state index contributed by atoms with van der Waals surface area (Å²) < 4.78 is 13.0. The van der Waals surface area contributed by atoms with E-state index in [1.165, 1.54) is 19.3 Å². The average molecular weight is 281 g/mol. The second-order valence-electron chi connectivity index (χ2n) is 4.97. The Hall–Kier alpha value is -1.42. The van der Waals surface area contributed by atoms with Crippen LogP contribution in [0.4, 0.5) is 0 Å². The summed E-state index contributed by atoms with van der Waals surface area (Å²) in [6.07, 6.45) is 7.89. The van der Waals surface area contributed by atoms with Crippen LogP contribution < -0.4 is 4.74 Å². The van der Waals surface area contributed by atoms with Crippen LogP contribution in [0.25, 0.3) is 5.88 Å². The lowest BCUT2D eigenvalue weighted by Crippen LogP contribution is -2.19. The molecule has 2 heterocycles. The van der Waals surface area contributed by atoms with Crippen molar-refractivity contribution < 1.29 is 9.15 Å². The second-order valence-corrected chi connectivity index (χ2v) is 5.33. The molecule has 0 atom stereocenters. The molecule has 1 aliphatic carbocycles. The van der Waals surface area contributed by atoms with Crippen LogP contribution in [0.1, 0.15) is 37.9 Å². The standard InChI is InChI=1S/C14H17ClN2O2/c1-10-7-8-13(18-10)17-14(15)12(9-16-17)19-11-5-3-2-4-6-11/h7-9,11H,2-6H2,1H3. The molecule has 0 N–H and O–H groups in total. The summed E-state index contributed by atoms with van der Waals surface area (Å²) >= 11 is 6.30. The summed E-state index contributed by atoms with van der Waals surface area (Å²) in [5, 5.41) is 4.70. The monoisotopic (exact) mass is 280 g/mol. The van der Waals surface area contributed by atoms with Gasteiger partial charge in [-0.2, -0.15) is 9.78 Å². The molecule has 1 aliphatic rings. The summed E-state index contributed by atoms with van der Waals surface area (Å²) in [5.41, 5.74) is 0. The third-order valence-electron chi connectivity index (χ3n) is 3.46. The van der Waals surface area contributed by atoms with Gasteiger partial charge in [0.05, 0.1) is 12.3 Å². The number of hydrogen-bond acceptors (Lipinski definition) is 3. The molecule has 0 spiro atoms. The summed E-state index contributed by atoms with van der Waals surface area (Å²) in [6, 6.07) is 3.73. The van der Waals surface area contributed by atoms with E-state index in [9.17, 15) is 0 Å². The van der Waals surface area contributed by atoms with Crippen molar-refractivity contribution in [3.05, 3.63) is 29.2 Å². The molecule has 0 radical (unpaired) electrons. The topological polar surface area (TPSA) is 40.2 Å². The van der Waals surface area contributed by atoms with Crippen LogP contribution in [0.2, 0.25) is 5.15 Å². The average Bonchev–Trinajstić information content (AvgIpc) is 2.99. The third kappa shape index (κ3) is 2.63. The maximum atomic E-state index is 6.30. The van der Waals surface area contributed by atoms with Crippen LogP contribution in [0.5, 0.6) is 5.75 Å². The van der Waals surface area contributed by atoms with E-state index in [-0.39, 0.29) is 6.10 Å². The lowest BCUT2D eigenvalue weighted by molar-refractivity contribution is 0.155. The molecule has 0 saturated heterocycles. The fourth-order valence-electron chi connectivity index (χ4n) is 2.45. The van der Waals surface area contributed by atoms with Crippen molar-refractivity contribution in [2.24, 2.45) is 0 Å². The molecule has 1 saturated carbocycles. The number of aromatic nitrogens is 2. The molecule has 0 amide bonds. The SMILES string of the molecule is Cc1ccc(-n2ncc(OC3CCCCC3)c2Cl)o1. The van der Waals surface area contributed by atoms with Gasteiger partial charge in [0, 0.05) is 6.07 Å². The largest absolute Gasteiger partial charge is 0.485 e. The first-order chi connectivity index (χ1) is 9.24. The Labute approximate surface area is 117 Å². The van der Waals surface area contributed by atoms with Gasteiger partial charge in [-0.15, -0.1) is 0 Å². The summed E-state index contributed by atoms with van der Waals surface area (Å²) in [4.78, 5) is 0. The van der Waals surface area contributed by atoms with Crippen LogP contribution in [0.15, 0.2) is 22.7 Å². The Balaban J connectivity index is 1.78. The van der Waals surface area contributed by atoms with Crippen LogP contribution in [-0.4, -0.2) is 15.9 Å². The maximum Gasteiger partial charge on any atom is 0.221 e. The lowest BCUT2D eigenvalue weighted by atomic mass is 9.98. The predicted octanol–water partition coefficient (Wildman–Crippen LogP) is 4.14. The van der Waals surface area contributed by atoms with Gasteiger partial charge in [-0.3, -0.25) is 0 Å². The molecule has 102 valence electrons. The molecule has 2 aromatic rings. The van der Waals surface area contributed by atoms with Crippen LogP contribution in [0, 0.1) is 6.92 Å². The minimum atomic E-state index is 0.266. The number of nitrogens with zero attached hydrogens (tertiary/aromatic N) is 2. The molecule has 0 unspecified atom stereocenters. The molecule has 5 heteroatoms. The number of furan rings is 1. The Kier molecular flexibility index (Phi) is 3.51. The van der Waals surface area contributed by atoms with Crippen molar-refractivity contribution in [1.82, 2.24) is 9.78 Å². The molecule has 19 heavy (non-hydrogen) atoms. The zero-order chi connectivity index (χ0) is 13.2. The second kappa shape index (κ2) is 5.29. The number of hydrogen-bond donors (Lipinski definition) is 0. The van der Waals surface area contributed by atoms with Gasteiger partial charge in [0.2, 0.25) is 5.88 Å². The van der Waals surface area contributed by atoms with E-state index in [2.05, 4.69) is 5.10 Å². The van der Waals surface area contributed by atoms with Crippen LogP contribution in [0.3, 0.4) is 0 Å². The fourth-order valence-corrected chi connectivity index (χ4v) is 2.67. The highest BCUT2D eigenvalue weighted by molar-refractivity contribution is 6.31. The molecule has 0 aliphatic heterocycles. The van der Waals surface area contributed by atoms with Gasteiger partial charge in [0.1, 0.15) is 5.76 Å². The van der Waals surface area contributed by atoms with E-state index in [0.29, 0.717) is 16.8 Å². The Morgan fingerprint density at radius 1 is 1.32 bits per heavy atom. The number of ether oxygens (including phenoxy) is 1. The quantitative estimate of drug-likeness (QED) is 0.848. The lowest BCUT2D eigenvalue weighted by Gasteiger charge is -2.22. The first-order valence-corrected chi connectivity index (χ1v) is 7.09. The molecule has 2 aromatic heterocycles. The maximum absolute atomic E-state index is 6.30. The fraction of sp³-hybridized carbons (Fsp3) is 0.500. The van der Waals surface area contributed by atoms with E-state index in [0.717, 1.165) is 18.6 Å². The number of aryl methyl sites for hydroxylation is 1. The molecule has 4 nitrogen and oxygen atoms in total. The zero-order valence-corrected chi connectivity index (χ0v) is 11.7. The third-order valence-corrected chi connectivity index (χ3v) is 3.81. The minimum Gasteiger partial charge on any atom is -0.485 e. The molecule has 1 fully saturated rings. The normalized spacial score (nSPS) is 16.7. The van der Waals surface area contributed by atoms with E-state index < -0.39 is 0 Å². The highest BCUT2D eigenvalue weighted by Crippen LogP contribution is 2.31. The van der Waals surface area contributed by atoms with Crippen molar-refractivity contribution in [1.29, 1.82) is 0 Å². The van der Waals surface area contributed by atoms with Crippen LogP contribution >= 0.6 is 11.6 Å². The molecular formula is C14H17ClN2O2. The number of rotatable bonds is 3. The van der Waals surface area contributed by atoms with Gasteiger partial charge >= 0.3 is 0 Å². The van der Waals surface area contributed by atoms with Gasteiger partial charge in [-0.25, -0.2) is 0 Å². The van der Waals surface area contributed by atoms with Crippen molar-refractivity contribution in [2.45, 2.75) is 45.1 Å². The first-order valence-electron chi connectivity index (χ1n) is 6.71. The van der Waals surface area contributed by atoms with Gasteiger partial charge < -0.3 is 9.15 Å². The van der Waals surface area contributed by atoms with Gasteiger partial charge in [0.15, 0.2) is 10.9 Å². The van der Waals surface area contributed by atoms with E-state index >= 15 is 0 Å². The van der Waals surface area contributed by atoms with Gasteiger partial charge in [0.25, 0.3) is 0 Å². The first kappa shape index (κ1) is 12.6. The highest BCUT2D eigenvalue weighted by atomic mass is 35.5. The van der Waals surface area contributed by atoms with Gasteiger partial charge in [-0.05, 0) is 38.7 Å². The Morgan fingerprint density at radius 2 is 2.11 bits per heavy atom. The van der Waals surface area contributed by atoms with E-state index in [1.807, 2.05) is 19.1 Å². The summed E-state index contributed by atoms with van der Waals surface area (Å²) in [5.74, 6) is 2.08.